The number of nitrogens with one attached hydrogen (secondary N) is 2. The third kappa shape index (κ3) is 6.04. The van der Waals surface area contributed by atoms with E-state index in [0.29, 0.717) is 28.8 Å². The van der Waals surface area contributed by atoms with Crippen molar-refractivity contribution < 1.29 is 14.0 Å². The van der Waals surface area contributed by atoms with E-state index in [1.807, 2.05) is 36.6 Å². The third-order valence-electron chi connectivity index (χ3n) is 4.53. The van der Waals surface area contributed by atoms with Crippen molar-refractivity contribution in [2.24, 2.45) is 0 Å². The molecule has 32 heavy (non-hydrogen) atoms. The zero-order valence-corrected chi connectivity index (χ0v) is 18.7. The molecule has 0 aliphatic heterocycles. The first-order valence-electron chi connectivity index (χ1n) is 9.97. The fourth-order valence-electron chi connectivity index (χ4n) is 3.02. The molecule has 1 atom stereocenters. The summed E-state index contributed by atoms with van der Waals surface area (Å²) in [7, 11) is 0. The molecule has 0 bridgehead atoms. The van der Waals surface area contributed by atoms with Crippen molar-refractivity contribution in [1.29, 1.82) is 0 Å². The van der Waals surface area contributed by atoms with E-state index in [0.717, 1.165) is 5.56 Å². The molecule has 9 heteroatoms. The Kier molecular flexibility index (Phi) is 7.77. The van der Waals surface area contributed by atoms with Crippen LogP contribution < -0.4 is 10.6 Å². The van der Waals surface area contributed by atoms with Gasteiger partial charge in [-0.1, -0.05) is 35.5 Å². The van der Waals surface area contributed by atoms with Crippen molar-refractivity contribution >= 4 is 29.3 Å². The Labute approximate surface area is 190 Å². The normalized spacial score (nSPS) is 11.6. The van der Waals surface area contributed by atoms with Crippen molar-refractivity contribution in [3.8, 4) is 0 Å². The molecule has 0 unspecified atom stereocenters. The molecule has 1 aromatic heterocycles. The molecule has 1 heterocycles. The number of allylic oxidation sites excluding steroid dienone is 1. The third-order valence-corrected chi connectivity index (χ3v) is 5.50. The standard InChI is InChI=1S/C23H24FN5O2S/c1-4-12-29-21(16(3)25-22(31)17-7-5-6-15(2)13-17)27-28-23(29)32-14-20(30)26-19-10-8-18(24)9-11-19/h4-11,13,16H,1,12,14H2,2-3H3,(H,25,31)(H,26,30)/t16-/m1/s1. The highest BCUT2D eigenvalue weighted by Crippen LogP contribution is 2.21. The highest BCUT2D eigenvalue weighted by Gasteiger charge is 2.20. The summed E-state index contributed by atoms with van der Waals surface area (Å²) in [6, 6.07) is 12.5. The van der Waals surface area contributed by atoms with Gasteiger partial charge in [0.15, 0.2) is 11.0 Å². The maximum absolute atomic E-state index is 13.0. The number of benzene rings is 2. The number of carbonyl (C=O) groups excluding carboxylic acids is 2. The van der Waals surface area contributed by atoms with Crippen molar-refractivity contribution in [3.05, 3.63) is 84.0 Å². The Morgan fingerprint density at radius 2 is 1.97 bits per heavy atom. The van der Waals surface area contributed by atoms with Gasteiger partial charge < -0.3 is 15.2 Å². The molecular formula is C23H24FN5O2S. The molecule has 0 fully saturated rings. The average molecular weight is 454 g/mol. The summed E-state index contributed by atoms with van der Waals surface area (Å²) in [4.78, 5) is 24.8. The molecule has 0 spiro atoms. The summed E-state index contributed by atoms with van der Waals surface area (Å²) in [5.74, 6) is -0.172. The molecule has 0 radical (unpaired) electrons. The molecular weight excluding hydrogens is 429 g/mol. The molecule has 166 valence electrons. The fraction of sp³-hybridized carbons (Fsp3) is 0.217. The predicted octanol–water partition coefficient (Wildman–Crippen LogP) is 4.13. The number of hydrogen-bond donors (Lipinski definition) is 2. The van der Waals surface area contributed by atoms with Crippen molar-refractivity contribution in [3.63, 3.8) is 0 Å². The monoisotopic (exact) mass is 453 g/mol. The lowest BCUT2D eigenvalue weighted by Gasteiger charge is -2.15. The summed E-state index contributed by atoms with van der Waals surface area (Å²) in [5.41, 5.74) is 2.08. The van der Waals surface area contributed by atoms with Crippen LogP contribution in [0.5, 0.6) is 0 Å². The van der Waals surface area contributed by atoms with Crippen LogP contribution in [0.1, 0.15) is 34.7 Å². The minimum atomic E-state index is -0.405. The van der Waals surface area contributed by atoms with E-state index in [4.69, 9.17) is 0 Å². The number of aryl methyl sites for hydroxylation is 1. The van der Waals surface area contributed by atoms with Crippen LogP contribution in [0.15, 0.2) is 66.3 Å². The molecule has 0 aliphatic rings. The molecule has 7 nitrogen and oxygen atoms in total. The number of nitrogens with zero attached hydrogens (tertiary/aromatic N) is 3. The van der Waals surface area contributed by atoms with Gasteiger partial charge in [-0.05, 0) is 50.2 Å². The highest BCUT2D eigenvalue weighted by molar-refractivity contribution is 7.99. The van der Waals surface area contributed by atoms with Crippen LogP contribution in [0, 0.1) is 12.7 Å². The van der Waals surface area contributed by atoms with Crippen LogP contribution >= 0.6 is 11.8 Å². The van der Waals surface area contributed by atoms with Crippen LogP contribution in [0.3, 0.4) is 0 Å². The van der Waals surface area contributed by atoms with Gasteiger partial charge in [0.1, 0.15) is 5.82 Å². The van der Waals surface area contributed by atoms with Gasteiger partial charge in [0.05, 0.1) is 11.8 Å². The van der Waals surface area contributed by atoms with Gasteiger partial charge in [0, 0.05) is 17.8 Å². The van der Waals surface area contributed by atoms with Gasteiger partial charge in [-0.2, -0.15) is 0 Å². The summed E-state index contributed by atoms with van der Waals surface area (Å²) in [6.45, 7) is 7.95. The van der Waals surface area contributed by atoms with Gasteiger partial charge >= 0.3 is 0 Å². The van der Waals surface area contributed by atoms with Gasteiger partial charge in [-0.3, -0.25) is 9.59 Å². The van der Waals surface area contributed by atoms with E-state index in [1.165, 1.54) is 36.0 Å². The molecule has 3 aromatic rings. The van der Waals surface area contributed by atoms with Gasteiger partial charge in [-0.15, -0.1) is 16.8 Å². The SMILES string of the molecule is C=CCn1c(SCC(=O)Nc2ccc(F)cc2)nnc1[C@@H](C)NC(=O)c1cccc(C)c1. The van der Waals surface area contributed by atoms with Crippen LogP contribution in [-0.2, 0) is 11.3 Å². The first-order valence-corrected chi connectivity index (χ1v) is 11.0. The topological polar surface area (TPSA) is 88.9 Å². The second kappa shape index (κ2) is 10.7. The predicted molar refractivity (Wildman–Crippen MR) is 123 cm³/mol. The van der Waals surface area contributed by atoms with Crippen molar-refractivity contribution in [2.75, 3.05) is 11.1 Å². The van der Waals surface area contributed by atoms with Crippen LogP contribution in [-0.4, -0.2) is 32.3 Å². The average Bonchev–Trinajstić information content (AvgIpc) is 3.17. The van der Waals surface area contributed by atoms with Gasteiger partial charge in [0.2, 0.25) is 5.91 Å². The second-order valence-electron chi connectivity index (χ2n) is 7.15. The van der Waals surface area contributed by atoms with Crippen LogP contribution in [0.4, 0.5) is 10.1 Å². The smallest absolute Gasteiger partial charge is 0.251 e. The molecule has 3 rings (SSSR count). The number of thioether (sulfide) groups is 1. The lowest BCUT2D eigenvalue weighted by molar-refractivity contribution is -0.113. The number of aromatic nitrogens is 3. The van der Waals surface area contributed by atoms with E-state index < -0.39 is 6.04 Å². The van der Waals surface area contributed by atoms with Gasteiger partial charge in [0.25, 0.3) is 5.91 Å². The highest BCUT2D eigenvalue weighted by atomic mass is 32.2. The van der Waals surface area contributed by atoms with E-state index >= 15 is 0 Å². The lowest BCUT2D eigenvalue weighted by atomic mass is 10.1. The second-order valence-corrected chi connectivity index (χ2v) is 8.09. The summed E-state index contributed by atoms with van der Waals surface area (Å²) in [5, 5.41) is 14.6. The first kappa shape index (κ1) is 23.2. The van der Waals surface area contributed by atoms with Crippen molar-refractivity contribution in [1.82, 2.24) is 20.1 Å². The molecule has 2 amide bonds. The van der Waals surface area contributed by atoms with E-state index in [-0.39, 0.29) is 23.4 Å². The zero-order valence-electron chi connectivity index (χ0n) is 17.8. The fourth-order valence-corrected chi connectivity index (χ4v) is 3.77. The quantitative estimate of drug-likeness (QED) is 0.376. The maximum atomic E-state index is 13.0. The minimum absolute atomic E-state index is 0.0939. The molecule has 0 saturated carbocycles. The number of carbonyl (C=O) groups is 2. The Balaban J connectivity index is 1.66. The minimum Gasteiger partial charge on any atom is -0.342 e. The Morgan fingerprint density at radius 3 is 2.66 bits per heavy atom. The van der Waals surface area contributed by atoms with E-state index in [9.17, 15) is 14.0 Å². The summed E-state index contributed by atoms with van der Waals surface area (Å²) in [6.07, 6.45) is 1.70. The molecule has 2 N–H and O–H groups in total. The largest absolute Gasteiger partial charge is 0.342 e. The number of anilines is 1. The molecule has 0 aliphatic carbocycles. The molecule has 2 aromatic carbocycles. The van der Waals surface area contributed by atoms with Crippen molar-refractivity contribution in [2.45, 2.75) is 31.6 Å². The Hall–Kier alpha value is -3.46. The Bertz CT molecular complexity index is 1110. The first-order chi connectivity index (χ1) is 15.4. The lowest BCUT2D eigenvalue weighted by Crippen LogP contribution is -2.28. The number of rotatable bonds is 9. The Morgan fingerprint density at radius 1 is 1.22 bits per heavy atom. The van der Waals surface area contributed by atoms with E-state index in [1.54, 1.807) is 12.1 Å². The van der Waals surface area contributed by atoms with Crippen LogP contribution in [0.2, 0.25) is 0 Å². The summed E-state index contributed by atoms with van der Waals surface area (Å²) >= 11 is 1.22. The zero-order chi connectivity index (χ0) is 23.1. The van der Waals surface area contributed by atoms with Gasteiger partial charge in [-0.25, -0.2) is 4.39 Å². The number of hydrogen-bond acceptors (Lipinski definition) is 5. The van der Waals surface area contributed by atoms with E-state index in [2.05, 4.69) is 27.4 Å². The van der Waals surface area contributed by atoms with Crippen LogP contribution in [0.25, 0.3) is 0 Å². The number of amides is 2. The maximum Gasteiger partial charge on any atom is 0.251 e. The summed E-state index contributed by atoms with van der Waals surface area (Å²) < 4.78 is 14.8. The number of halogens is 1. The molecule has 0 saturated heterocycles.